The Balaban J connectivity index is 1.82. The minimum atomic E-state index is -0.182. The van der Waals surface area contributed by atoms with Crippen LogP contribution in [0, 0.1) is 5.92 Å². The highest BCUT2D eigenvalue weighted by molar-refractivity contribution is 6.30. The van der Waals surface area contributed by atoms with E-state index in [1.165, 1.54) is 19.3 Å². The molecule has 25 heavy (non-hydrogen) atoms. The first-order chi connectivity index (χ1) is 12.2. The first-order valence-corrected chi connectivity index (χ1v) is 8.83. The zero-order valence-electron chi connectivity index (χ0n) is 14.2. The van der Waals surface area contributed by atoms with Crippen LogP contribution in [-0.4, -0.2) is 37.9 Å². The van der Waals surface area contributed by atoms with Crippen molar-refractivity contribution in [2.75, 3.05) is 32.1 Å². The van der Waals surface area contributed by atoms with E-state index in [0.29, 0.717) is 47.8 Å². The van der Waals surface area contributed by atoms with Crippen molar-refractivity contribution in [1.82, 2.24) is 10.5 Å². The minimum absolute atomic E-state index is 0.182. The average Bonchev–Trinajstić information content (AvgIpc) is 2.98. The molecular weight excluding hydrogens is 342 g/mol. The molecule has 2 N–H and O–H groups in total. The van der Waals surface area contributed by atoms with Crippen LogP contribution < -0.4 is 10.6 Å². The van der Waals surface area contributed by atoms with Crippen molar-refractivity contribution in [3.63, 3.8) is 0 Å². The van der Waals surface area contributed by atoms with Crippen LogP contribution in [0.25, 0.3) is 11.3 Å². The summed E-state index contributed by atoms with van der Waals surface area (Å²) in [5.74, 6) is 1.25. The van der Waals surface area contributed by atoms with Crippen LogP contribution in [-0.2, 0) is 4.74 Å². The van der Waals surface area contributed by atoms with Crippen molar-refractivity contribution in [3.05, 3.63) is 34.9 Å². The topological polar surface area (TPSA) is 76.4 Å². The number of anilines is 1. The second-order valence-electron chi connectivity index (χ2n) is 6.17. The number of nitrogens with one attached hydrogen (secondary N) is 2. The van der Waals surface area contributed by atoms with Gasteiger partial charge in [0.15, 0.2) is 11.6 Å². The minimum Gasteiger partial charge on any atom is -0.383 e. The first-order valence-electron chi connectivity index (χ1n) is 8.45. The van der Waals surface area contributed by atoms with E-state index >= 15 is 0 Å². The quantitative estimate of drug-likeness (QED) is 0.701. The van der Waals surface area contributed by atoms with Crippen LogP contribution in [0.3, 0.4) is 0 Å². The molecule has 1 saturated carbocycles. The monoisotopic (exact) mass is 363 g/mol. The van der Waals surface area contributed by atoms with Gasteiger partial charge in [0.2, 0.25) is 0 Å². The molecule has 0 atom stereocenters. The fraction of sp³-hybridized carbons (Fsp3) is 0.444. The summed E-state index contributed by atoms with van der Waals surface area (Å²) in [6.45, 7) is 1.72. The summed E-state index contributed by atoms with van der Waals surface area (Å²) in [5, 5.41) is 10.8. The third kappa shape index (κ3) is 4.32. The molecule has 0 spiro atoms. The van der Waals surface area contributed by atoms with E-state index < -0.39 is 0 Å². The Morgan fingerprint density at radius 2 is 2.12 bits per heavy atom. The molecule has 1 aromatic heterocycles. The van der Waals surface area contributed by atoms with E-state index in [4.69, 9.17) is 20.9 Å². The van der Waals surface area contributed by atoms with E-state index in [-0.39, 0.29) is 5.91 Å². The van der Waals surface area contributed by atoms with Gasteiger partial charge in [-0.15, -0.1) is 0 Å². The maximum absolute atomic E-state index is 12.8. The van der Waals surface area contributed by atoms with Gasteiger partial charge >= 0.3 is 0 Å². The zero-order chi connectivity index (χ0) is 17.6. The Hall–Kier alpha value is -2.05. The van der Waals surface area contributed by atoms with Crippen molar-refractivity contribution in [3.8, 4) is 11.3 Å². The van der Waals surface area contributed by atoms with E-state index in [1.54, 1.807) is 19.2 Å². The lowest BCUT2D eigenvalue weighted by Gasteiger charge is -2.25. The Labute approximate surface area is 151 Å². The smallest absolute Gasteiger partial charge is 0.259 e. The Bertz CT molecular complexity index is 711. The molecule has 1 aliphatic carbocycles. The van der Waals surface area contributed by atoms with Gasteiger partial charge in [-0.2, -0.15) is 0 Å². The fourth-order valence-electron chi connectivity index (χ4n) is 2.71. The summed E-state index contributed by atoms with van der Waals surface area (Å²) in [5.41, 5.74) is 1.17. The van der Waals surface area contributed by atoms with E-state index in [1.807, 2.05) is 12.1 Å². The largest absolute Gasteiger partial charge is 0.383 e. The normalized spacial score (nSPS) is 14.2. The van der Waals surface area contributed by atoms with Gasteiger partial charge in [0.25, 0.3) is 5.91 Å². The SMILES string of the molecule is COCCNc1noc(-c2ccc(Cl)cc2)c1C(=O)NCC1CCC1. The number of aromatic nitrogens is 1. The molecule has 6 nitrogen and oxygen atoms in total. The van der Waals surface area contributed by atoms with Gasteiger partial charge in [-0.1, -0.05) is 23.2 Å². The molecule has 0 radical (unpaired) electrons. The highest BCUT2D eigenvalue weighted by Gasteiger charge is 2.25. The third-order valence-electron chi connectivity index (χ3n) is 4.40. The van der Waals surface area contributed by atoms with Crippen LogP contribution in [0.2, 0.25) is 5.02 Å². The average molecular weight is 364 g/mol. The lowest BCUT2D eigenvalue weighted by Crippen LogP contribution is -2.32. The van der Waals surface area contributed by atoms with Crippen LogP contribution in [0.5, 0.6) is 0 Å². The number of rotatable bonds is 8. The van der Waals surface area contributed by atoms with Gasteiger partial charge in [-0.05, 0) is 43.0 Å². The Kier molecular flexibility index (Phi) is 5.94. The van der Waals surface area contributed by atoms with Gasteiger partial charge in [0, 0.05) is 30.8 Å². The molecule has 1 amide bonds. The summed E-state index contributed by atoms with van der Waals surface area (Å²) in [6, 6.07) is 7.13. The first kappa shape index (κ1) is 17.8. The maximum atomic E-state index is 12.8. The molecule has 2 aromatic rings. The van der Waals surface area contributed by atoms with Crippen molar-refractivity contribution < 1.29 is 14.1 Å². The molecule has 7 heteroatoms. The zero-order valence-corrected chi connectivity index (χ0v) is 14.9. The van der Waals surface area contributed by atoms with Crippen LogP contribution in [0.4, 0.5) is 5.82 Å². The molecule has 134 valence electrons. The van der Waals surface area contributed by atoms with Gasteiger partial charge < -0.3 is 19.9 Å². The Morgan fingerprint density at radius 3 is 2.76 bits per heavy atom. The van der Waals surface area contributed by atoms with Crippen LogP contribution in [0.1, 0.15) is 29.6 Å². The van der Waals surface area contributed by atoms with Crippen molar-refractivity contribution in [1.29, 1.82) is 0 Å². The summed E-state index contributed by atoms with van der Waals surface area (Å²) in [6.07, 6.45) is 3.59. The number of hydrogen-bond donors (Lipinski definition) is 2. The summed E-state index contributed by atoms with van der Waals surface area (Å²) < 4.78 is 10.5. The lowest BCUT2D eigenvalue weighted by molar-refractivity contribution is 0.0940. The Morgan fingerprint density at radius 1 is 1.36 bits per heavy atom. The number of carbonyl (C=O) groups excluding carboxylic acids is 1. The number of benzene rings is 1. The molecule has 3 rings (SSSR count). The van der Waals surface area contributed by atoms with Gasteiger partial charge in [-0.3, -0.25) is 4.79 Å². The maximum Gasteiger partial charge on any atom is 0.259 e. The number of ether oxygens (including phenoxy) is 1. The molecule has 0 saturated heterocycles. The third-order valence-corrected chi connectivity index (χ3v) is 4.65. The number of methoxy groups -OCH3 is 1. The molecule has 0 unspecified atom stereocenters. The van der Waals surface area contributed by atoms with E-state index in [0.717, 1.165) is 5.56 Å². The number of amides is 1. The van der Waals surface area contributed by atoms with Gasteiger partial charge in [-0.25, -0.2) is 0 Å². The second kappa shape index (κ2) is 8.36. The standard InChI is InChI=1S/C18H22ClN3O3/c1-24-10-9-20-17-15(18(23)21-11-12-3-2-4-12)16(25-22-17)13-5-7-14(19)8-6-13/h5-8,12H,2-4,9-11H2,1H3,(H,20,22)(H,21,23). The number of hydrogen-bond acceptors (Lipinski definition) is 5. The predicted octanol–water partition coefficient (Wildman–Crippen LogP) is 3.58. The second-order valence-corrected chi connectivity index (χ2v) is 6.61. The summed E-state index contributed by atoms with van der Waals surface area (Å²) in [7, 11) is 1.62. The van der Waals surface area contributed by atoms with E-state index in [9.17, 15) is 4.79 Å². The lowest BCUT2D eigenvalue weighted by atomic mass is 9.85. The molecule has 0 bridgehead atoms. The highest BCUT2D eigenvalue weighted by Crippen LogP contribution is 2.31. The molecule has 1 fully saturated rings. The number of nitrogens with zero attached hydrogens (tertiary/aromatic N) is 1. The number of carbonyl (C=O) groups is 1. The molecule has 0 aliphatic heterocycles. The van der Waals surface area contributed by atoms with E-state index in [2.05, 4.69) is 15.8 Å². The molecule has 1 aromatic carbocycles. The summed E-state index contributed by atoms with van der Waals surface area (Å²) >= 11 is 5.95. The molecular formula is C18H22ClN3O3. The highest BCUT2D eigenvalue weighted by atomic mass is 35.5. The molecule has 1 heterocycles. The van der Waals surface area contributed by atoms with Gasteiger partial charge in [0.05, 0.1) is 6.61 Å². The van der Waals surface area contributed by atoms with Crippen molar-refractivity contribution in [2.24, 2.45) is 5.92 Å². The van der Waals surface area contributed by atoms with Gasteiger partial charge in [0.1, 0.15) is 5.56 Å². The predicted molar refractivity (Wildman–Crippen MR) is 97.0 cm³/mol. The number of halogens is 1. The molecule has 1 aliphatic rings. The van der Waals surface area contributed by atoms with Crippen LogP contribution in [0.15, 0.2) is 28.8 Å². The van der Waals surface area contributed by atoms with Crippen molar-refractivity contribution >= 4 is 23.3 Å². The van der Waals surface area contributed by atoms with Crippen LogP contribution >= 0.6 is 11.6 Å². The summed E-state index contributed by atoms with van der Waals surface area (Å²) in [4.78, 5) is 12.8. The fourth-order valence-corrected chi connectivity index (χ4v) is 2.84. The van der Waals surface area contributed by atoms with Crippen molar-refractivity contribution in [2.45, 2.75) is 19.3 Å².